The van der Waals surface area contributed by atoms with Crippen molar-refractivity contribution in [3.05, 3.63) is 37.2 Å². The predicted molar refractivity (Wildman–Crippen MR) is 80.8 cm³/mol. The van der Waals surface area contributed by atoms with Crippen LogP contribution in [0.3, 0.4) is 0 Å². The number of hydrogen-bond donors (Lipinski definition) is 0. The van der Waals surface area contributed by atoms with Crippen molar-refractivity contribution in [2.45, 2.75) is 18.6 Å². The monoisotopic (exact) mass is 304 g/mol. The fraction of sp³-hybridized carbons (Fsp3) is 0.286. The Morgan fingerprint density at radius 3 is 2.86 bits per heavy atom. The van der Waals surface area contributed by atoms with Gasteiger partial charge in [0.1, 0.15) is 0 Å². The van der Waals surface area contributed by atoms with Crippen molar-refractivity contribution in [3.63, 3.8) is 0 Å². The molecule has 0 unspecified atom stereocenters. The molecule has 0 aliphatic carbocycles. The first-order chi connectivity index (χ1) is 10.3. The molecule has 0 bridgehead atoms. The summed E-state index contributed by atoms with van der Waals surface area (Å²) in [7, 11) is 0. The van der Waals surface area contributed by atoms with E-state index < -0.39 is 0 Å². The van der Waals surface area contributed by atoms with Gasteiger partial charge in [0, 0.05) is 24.5 Å². The van der Waals surface area contributed by atoms with Gasteiger partial charge in [0.25, 0.3) is 0 Å². The standard InChI is InChI=1S/C14H16N4O2S/c1-3-9-18-13(11-5-7-15-8-6-11)16-17-14(18)21-10-12(19)20-4-2/h3,5-8H,1,4,9-10H2,2H3. The maximum atomic E-state index is 11.4. The first-order valence-electron chi connectivity index (χ1n) is 6.49. The summed E-state index contributed by atoms with van der Waals surface area (Å²) in [5.41, 5.74) is 0.919. The Morgan fingerprint density at radius 1 is 1.43 bits per heavy atom. The zero-order valence-electron chi connectivity index (χ0n) is 11.7. The lowest BCUT2D eigenvalue weighted by Gasteiger charge is -2.07. The van der Waals surface area contributed by atoms with Crippen molar-refractivity contribution >= 4 is 17.7 Å². The minimum atomic E-state index is -0.263. The van der Waals surface area contributed by atoms with Gasteiger partial charge in [-0.3, -0.25) is 14.3 Å². The largest absolute Gasteiger partial charge is 0.465 e. The van der Waals surface area contributed by atoms with E-state index in [-0.39, 0.29) is 11.7 Å². The molecule has 0 amide bonds. The third-order valence-corrected chi connectivity index (χ3v) is 3.53. The van der Waals surface area contributed by atoms with E-state index in [1.165, 1.54) is 11.8 Å². The van der Waals surface area contributed by atoms with Crippen molar-refractivity contribution in [1.29, 1.82) is 0 Å². The van der Waals surface area contributed by atoms with Crippen LogP contribution in [-0.2, 0) is 16.1 Å². The van der Waals surface area contributed by atoms with Crippen LogP contribution in [0.15, 0.2) is 42.3 Å². The number of allylic oxidation sites excluding steroid dienone is 1. The number of rotatable bonds is 7. The number of esters is 1. The highest BCUT2D eigenvalue weighted by molar-refractivity contribution is 7.99. The molecule has 2 aromatic heterocycles. The summed E-state index contributed by atoms with van der Waals surface area (Å²) in [5, 5.41) is 9.00. The second-order valence-corrected chi connectivity index (χ2v) is 4.98. The van der Waals surface area contributed by atoms with Gasteiger partial charge in [0.15, 0.2) is 11.0 Å². The fourth-order valence-electron chi connectivity index (χ4n) is 1.73. The number of nitrogens with zero attached hydrogens (tertiary/aromatic N) is 4. The summed E-state index contributed by atoms with van der Waals surface area (Å²) in [5.74, 6) is 0.671. The molecule has 2 heterocycles. The van der Waals surface area contributed by atoms with Gasteiger partial charge >= 0.3 is 5.97 Å². The first-order valence-corrected chi connectivity index (χ1v) is 7.47. The van der Waals surface area contributed by atoms with E-state index in [9.17, 15) is 4.79 Å². The van der Waals surface area contributed by atoms with Gasteiger partial charge in [-0.1, -0.05) is 17.8 Å². The molecule has 6 nitrogen and oxygen atoms in total. The Hall–Kier alpha value is -2.15. The summed E-state index contributed by atoms with van der Waals surface area (Å²) in [6.07, 6.45) is 5.17. The topological polar surface area (TPSA) is 69.9 Å². The van der Waals surface area contributed by atoms with Crippen LogP contribution in [0.1, 0.15) is 6.92 Å². The number of hydrogen-bond acceptors (Lipinski definition) is 6. The van der Waals surface area contributed by atoms with E-state index in [1.807, 2.05) is 16.7 Å². The van der Waals surface area contributed by atoms with Gasteiger partial charge < -0.3 is 4.74 Å². The van der Waals surface area contributed by atoms with Crippen LogP contribution in [0.4, 0.5) is 0 Å². The quantitative estimate of drug-likeness (QED) is 0.443. The third kappa shape index (κ3) is 3.91. The Bertz CT molecular complexity index is 613. The molecular weight excluding hydrogens is 288 g/mol. The first kappa shape index (κ1) is 15.2. The summed E-state index contributed by atoms with van der Waals surface area (Å²) in [6, 6.07) is 3.73. The molecule has 0 fully saturated rings. The van der Waals surface area contributed by atoms with Crippen molar-refractivity contribution in [2.24, 2.45) is 0 Å². The minimum absolute atomic E-state index is 0.208. The van der Waals surface area contributed by atoms with E-state index >= 15 is 0 Å². The fourth-order valence-corrected chi connectivity index (χ4v) is 2.48. The normalized spacial score (nSPS) is 10.3. The summed E-state index contributed by atoms with van der Waals surface area (Å²) >= 11 is 1.30. The van der Waals surface area contributed by atoms with Crippen LogP contribution < -0.4 is 0 Å². The van der Waals surface area contributed by atoms with E-state index in [2.05, 4.69) is 21.8 Å². The predicted octanol–water partition coefficient (Wildman–Crippen LogP) is 2.18. The Balaban J connectivity index is 2.21. The second-order valence-electron chi connectivity index (χ2n) is 4.04. The second kappa shape index (κ2) is 7.58. The zero-order chi connectivity index (χ0) is 15.1. The third-order valence-electron chi connectivity index (χ3n) is 2.59. The van der Waals surface area contributed by atoms with Crippen LogP contribution in [-0.4, -0.2) is 38.1 Å². The summed E-state index contributed by atoms with van der Waals surface area (Å²) in [4.78, 5) is 15.4. The van der Waals surface area contributed by atoms with Gasteiger partial charge in [0.2, 0.25) is 0 Å². The molecule has 0 saturated carbocycles. The number of carbonyl (C=O) groups is 1. The van der Waals surface area contributed by atoms with Crippen LogP contribution in [0.2, 0.25) is 0 Å². The lowest BCUT2D eigenvalue weighted by molar-refractivity contribution is -0.139. The molecule has 21 heavy (non-hydrogen) atoms. The maximum absolute atomic E-state index is 11.4. The average molecular weight is 304 g/mol. The van der Waals surface area contributed by atoms with E-state index in [1.54, 1.807) is 25.4 Å². The van der Waals surface area contributed by atoms with Crippen molar-refractivity contribution in [2.75, 3.05) is 12.4 Å². The van der Waals surface area contributed by atoms with Gasteiger partial charge in [-0.2, -0.15) is 0 Å². The molecule has 0 atom stereocenters. The number of thioether (sulfide) groups is 1. The van der Waals surface area contributed by atoms with E-state index in [0.717, 1.165) is 11.4 Å². The van der Waals surface area contributed by atoms with Gasteiger partial charge in [0.05, 0.1) is 12.4 Å². The maximum Gasteiger partial charge on any atom is 0.316 e. The highest BCUT2D eigenvalue weighted by atomic mass is 32.2. The number of ether oxygens (including phenoxy) is 1. The lowest BCUT2D eigenvalue weighted by Crippen LogP contribution is -2.08. The van der Waals surface area contributed by atoms with Crippen LogP contribution in [0, 0.1) is 0 Å². The van der Waals surface area contributed by atoms with Crippen molar-refractivity contribution in [1.82, 2.24) is 19.7 Å². The Labute approximate surface area is 127 Å². The molecule has 0 aromatic carbocycles. The van der Waals surface area contributed by atoms with Crippen LogP contribution in [0.5, 0.6) is 0 Å². The summed E-state index contributed by atoms with van der Waals surface area (Å²) in [6.45, 7) is 6.47. The van der Waals surface area contributed by atoms with Crippen molar-refractivity contribution < 1.29 is 9.53 Å². The Kier molecular flexibility index (Phi) is 5.51. The SMILES string of the molecule is C=CCn1c(SCC(=O)OCC)nnc1-c1ccncc1. The molecule has 0 spiro atoms. The van der Waals surface area contributed by atoms with Gasteiger partial charge in [-0.15, -0.1) is 16.8 Å². The number of aromatic nitrogens is 4. The highest BCUT2D eigenvalue weighted by Gasteiger charge is 2.14. The molecule has 2 aromatic rings. The average Bonchev–Trinajstić information content (AvgIpc) is 2.90. The molecule has 0 radical (unpaired) electrons. The van der Waals surface area contributed by atoms with Crippen LogP contribution >= 0.6 is 11.8 Å². The van der Waals surface area contributed by atoms with Gasteiger partial charge in [-0.25, -0.2) is 0 Å². The summed E-state index contributed by atoms with van der Waals surface area (Å²) < 4.78 is 6.82. The van der Waals surface area contributed by atoms with E-state index in [0.29, 0.717) is 18.3 Å². The molecular formula is C14H16N4O2S. The molecule has 0 saturated heterocycles. The molecule has 110 valence electrons. The smallest absolute Gasteiger partial charge is 0.316 e. The molecule has 0 aliphatic rings. The lowest BCUT2D eigenvalue weighted by atomic mass is 10.2. The van der Waals surface area contributed by atoms with Crippen LogP contribution in [0.25, 0.3) is 11.4 Å². The molecule has 0 N–H and O–H groups in total. The van der Waals surface area contributed by atoms with E-state index in [4.69, 9.17) is 4.74 Å². The highest BCUT2D eigenvalue weighted by Crippen LogP contribution is 2.23. The minimum Gasteiger partial charge on any atom is -0.465 e. The molecule has 0 aliphatic heterocycles. The number of carbonyl (C=O) groups excluding carboxylic acids is 1. The molecule has 7 heteroatoms. The Morgan fingerprint density at radius 2 is 2.19 bits per heavy atom. The van der Waals surface area contributed by atoms with Crippen molar-refractivity contribution in [3.8, 4) is 11.4 Å². The zero-order valence-corrected chi connectivity index (χ0v) is 12.5. The number of pyridine rings is 1. The van der Waals surface area contributed by atoms with Gasteiger partial charge in [-0.05, 0) is 19.1 Å². The molecule has 2 rings (SSSR count).